The van der Waals surface area contributed by atoms with Crippen LogP contribution in [0.5, 0.6) is 0 Å². The fourth-order valence-corrected chi connectivity index (χ4v) is 2.67. The first-order chi connectivity index (χ1) is 13.7. The number of hydrogen-bond acceptors (Lipinski definition) is 5. The zero-order valence-electron chi connectivity index (χ0n) is 15.7. The van der Waals surface area contributed by atoms with Crippen molar-refractivity contribution in [2.45, 2.75) is 6.54 Å². The van der Waals surface area contributed by atoms with Crippen LogP contribution in [-0.4, -0.2) is 41.6 Å². The molecular formula is C21H23N5O2. The van der Waals surface area contributed by atoms with Gasteiger partial charge in [0.05, 0.1) is 26.0 Å². The molecule has 0 atom stereocenters. The van der Waals surface area contributed by atoms with Gasteiger partial charge in [-0.2, -0.15) is 0 Å². The number of carbonyl (C=O) groups excluding carboxylic acids is 1. The lowest BCUT2D eigenvalue weighted by Gasteiger charge is -2.10. The summed E-state index contributed by atoms with van der Waals surface area (Å²) in [6.45, 7) is 1.39. The number of methoxy groups -OCH3 is 1. The number of amides is 1. The molecule has 0 radical (unpaired) electrons. The Hall–Kier alpha value is -3.45. The average Bonchev–Trinajstić information content (AvgIpc) is 3.09. The van der Waals surface area contributed by atoms with Crippen molar-refractivity contribution in [3.8, 4) is 0 Å². The lowest BCUT2D eigenvalue weighted by molar-refractivity contribution is 0.0977. The normalized spacial score (nSPS) is 11.4. The summed E-state index contributed by atoms with van der Waals surface area (Å²) in [5.74, 6) is 0.498. The maximum Gasteiger partial charge on any atom is 0.256 e. The predicted molar refractivity (Wildman–Crippen MR) is 109 cm³/mol. The van der Waals surface area contributed by atoms with Crippen LogP contribution < -0.4 is 11.1 Å². The van der Waals surface area contributed by atoms with Crippen molar-refractivity contribution >= 4 is 17.6 Å². The Kier molecular flexibility index (Phi) is 6.54. The molecule has 0 aliphatic heterocycles. The molecule has 0 unspecified atom stereocenters. The van der Waals surface area contributed by atoms with Gasteiger partial charge in [0.1, 0.15) is 11.5 Å². The third kappa shape index (κ3) is 4.83. The number of amidine groups is 1. The fraction of sp³-hybridized carbons (Fsp3) is 0.190. The van der Waals surface area contributed by atoms with E-state index in [4.69, 9.17) is 10.5 Å². The number of nitrogen functional groups attached to an aromatic ring is 1. The molecule has 3 N–H and O–H groups in total. The zero-order chi connectivity index (χ0) is 19.8. The number of carbonyl (C=O) groups is 1. The van der Waals surface area contributed by atoms with E-state index in [1.54, 1.807) is 37.7 Å². The van der Waals surface area contributed by atoms with Crippen molar-refractivity contribution in [1.82, 2.24) is 14.9 Å². The van der Waals surface area contributed by atoms with Crippen LogP contribution in [0.1, 0.15) is 21.6 Å². The third-order valence-corrected chi connectivity index (χ3v) is 4.13. The van der Waals surface area contributed by atoms with Crippen molar-refractivity contribution < 1.29 is 9.53 Å². The van der Waals surface area contributed by atoms with Crippen molar-refractivity contribution in [3.63, 3.8) is 0 Å². The number of nitrogens with two attached hydrogens (primary N) is 1. The highest BCUT2D eigenvalue weighted by atomic mass is 16.5. The van der Waals surface area contributed by atoms with E-state index >= 15 is 0 Å². The molecule has 0 fully saturated rings. The van der Waals surface area contributed by atoms with E-state index in [0.717, 1.165) is 5.56 Å². The van der Waals surface area contributed by atoms with E-state index in [-0.39, 0.29) is 5.91 Å². The first kappa shape index (κ1) is 19.3. The Morgan fingerprint density at radius 2 is 1.82 bits per heavy atom. The van der Waals surface area contributed by atoms with Gasteiger partial charge in [-0.1, -0.05) is 48.5 Å². The number of aliphatic imine (C=N–C) groups is 1. The molecule has 144 valence electrons. The molecule has 28 heavy (non-hydrogen) atoms. The molecule has 1 amide bonds. The highest BCUT2D eigenvalue weighted by molar-refractivity contribution is 6.13. The molecule has 0 saturated carbocycles. The summed E-state index contributed by atoms with van der Waals surface area (Å²) in [6.07, 6.45) is 1.65. The molecule has 1 heterocycles. The molecule has 0 bridgehead atoms. The van der Waals surface area contributed by atoms with E-state index in [1.165, 1.54) is 0 Å². The van der Waals surface area contributed by atoms with Crippen LogP contribution in [0.4, 0.5) is 5.82 Å². The van der Waals surface area contributed by atoms with E-state index in [0.29, 0.717) is 42.6 Å². The summed E-state index contributed by atoms with van der Waals surface area (Å²) in [5, 5.41) is 2.83. The first-order valence-corrected chi connectivity index (χ1v) is 8.93. The minimum atomic E-state index is -0.270. The summed E-state index contributed by atoms with van der Waals surface area (Å²) < 4.78 is 6.88. The Morgan fingerprint density at radius 3 is 2.50 bits per heavy atom. The Labute approximate surface area is 163 Å². The minimum Gasteiger partial charge on any atom is -0.383 e. The molecule has 0 aliphatic carbocycles. The summed E-state index contributed by atoms with van der Waals surface area (Å²) in [6, 6.07) is 18.9. The van der Waals surface area contributed by atoms with Crippen molar-refractivity contribution in [2.75, 3.05) is 26.0 Å². The van der Waals surface area contributed by atoms with Crippen molar-refractivity contribution in [1.29, 1.82) is 0 Å². The number of imidazole rings is 1. The highest BCUT2D eigenvalue weighted by Crippen LogP contribution is 2.14. The van der Waals surface area contributed by atoms with Crippen LogP contribution in [0.25, 0.3) is 0 Å². The smallest absolute Gasteiger partial charge is 0.256 e. The lowest BCUT2D eigenvalue weighted by atomic mass is 10.2. The van der Waals surface area contributed by atoms with Crippen LogP contribution >= 0.6 is 0 Å². The largest absolute Gasteiger partial charge is 0.383 e. The minimum absolute atomic E-state index is 0.270. The molecule has 0 aliphatic rings. The quantitative estimate of drug-likeness (QED) is 0.375. The van der Waals surface area contributed by atoms with Gasteiger partial charge in [0.25, 0.3) is 5.91 Å². The van der Waals surface area contributed by atoms with E-state index in [2.05, 4.69) is 15.3 Å². The number of ether oxygens (including phenoxy) is 1. The molecule has 7 heteroatoms. The van der Waals surface area contributed by atoms with Gasteiger partial charge in [-0.25, -0.2) is 4.98 Å². The Balaban J connectivity index is 1.84. The maximum absolute atomic E-state index is 12.6. The van der Waals surface area contributed by atoms with E-state index in [9.17, 15) is 4.79 Å². The fourth-order valence-electron chi connectivity index (χ4n) is 2.67. The second-order valence-corrected chi connectivity index (χ2v) is 6.14. The van der Waals surface area contributed by atoms with Crippen LogP contribution in [0.2, 0.25) is 0 Å². The van der Waals surface area contributed by atoms with Crippen LogP contribution in [0.15, 0.2) is 72.0 Å². The van der Waals surface area contributed by atoms with Gasteiger partial charge in [0, 0.05) is 12.7 Å². The topological polar surface area (TPSA) is 94.5 Å². The summed E-state index contributed by atoms with van der Waals surface area (Å²) in [4.78, 5) is 21.4. The second-order valence-electron chi connectivity index (χ2n) is 6.14. The van der Waals surface area contributed by atoms with Gasteiger partial charge in [-0.15, -0.1) is 0 Å². The SMILES string of the molecule is COCCN=C(NC(=O)c1ccccc1)c1ncn(Cc2ccccc2)c1N. The summed E-state index contributed by atoms with van der Waals surface area (Å²) in [7, 11) is 1.60. The Bertz CT molecular complexity index is 936. The monoisotopic (exact) mass is 377 g/mol. The number of benzene rings is 2. The molecular weight excluding hydrogens is 354 g/mol. The van der Waals surface area contributed by atoms with Gasteiger partial charge in [-0.05, 0) is 17.7 Å². The second kappa shape index (κ2) is 9.48. The summed E-state index contributed by atoms with van der Waals surface area (Å²) >= 11 is 0. The average molecular weight is 377 g/mol. The molecule has 3 aromatic rings. The molecule has 0 saturated heterocycles. The van der Waals surface area contributed by atoms with E-state index in [1.807, 2.05) is 41.0 Å². The third-order valence-electron chi connectivity index (χ3n) is 4.13. The van der Waals surface area contributed by atoms with Crippen LogP contribution in [0, 0.1) is 0 Å². The standard InChI is InChI=1S/C21H23N5O2/c1-28-13-12-23-20(25-21(27)17-10-6-3-7-11-17)18-19(22)26(15-24-18)14-16-8-4-2-5-9-16/h2-11,15H,12-14,22H2,1H3,(H,23,25,27). The van der Waals surface area contributed by atoms with Crippen molar-refractivity contribution in [3.05, 3.63) is 83.8 Å². The molecule has 1 aromatic heterocycles. The number of anilines is 1. The van der Waals surface area contributed by atoms with Gasteiger partial charge in [-0.3, -0.25) is 9.79 Å². The van der Waals surface area contributed by atoms with Crippen LogP contribution in [0.3, 0.4) is 0 Å². The zero-order valence-corrected chi connectivity index (χ0v) is 15.7. The first-order valence-electron chi connectivity index (χ1n) is 8.93. The predicted octanol–water partition coefficient (Wildman–Crippen LogP) is 2.34. The van der Waals surface area contributed by atoms with Gasteiger partial charge >= 0.3 is 0 Å². The summed E-state index contributed by atoms with van der Waals surface area (Å²) in [5.41, 5.74) is 8.38. The molecule has 2 aromatic carbocycles. The number of hydrogen-bond donors (Lipinski definition) is 2. The van der Waals surface area contributed by atoms with Gasteiger partial charge in [0.15, 0.2) is 5.84 Å². The van der Waals surface area contributed by atoms with Gasteiger partial charge in [0.2, 0.25) is 0 Å². The maximum atomic E-state index is 12.6. The highest BCUT2D eigenvalue weighted by Gasteiger charge is 2.17. The number of aromatic nitrogens is 2. The van der Waals surface area contributed by atoms with E-state index < -0.39 is 0 Å². The Morgan fingerprint density at radius 1 is 1.14 bits per heavy atom. The lowest BCUT2D eigenvalue weighted by Crippen LogP contribution is -2.32. The molecule has 0 spiro atoms. The molecule has 3 rings (SSSR count). The number of nitrogens with zero attached hydrogens (tertiary/aromatic N) is 3. The van der Waals surface area contributed by atoms with Gasteiger partial charge < -0.3 is 20.4 Å². The van der Waals surface area contributed by atoms with Crippen molar-refractivity contribution in [2.24, 2.45) is 4.99 Å². The molecule has 7 nitrogen and oxygen atoms in total. The van der Waals surface area contributed by atoms with Crippen LogP contribution in [-0.2, 0) is 11.3 Å². The number of rotatable bonds is 7. The number of nitrogens with one attached hydrogen (secondary N) is 1.